The number of carbonyl (C=O) groups is 1. The van der Waals surface area contributed by atoms with Crippen molar-refractivity contribution >= 4 is 51.4 Å². The normalized spacial score (nSPS) is 19.0. The summed E-state index contributed by atoms with van der Waals surface area (Å²) < 4.78 is 6.04. The number of aliphatic hydroxyl groups is 1. The van der Waals surface area contributed by atoms with Crippen molar-refractivity contribution in [3.05, 3.63) is 53.4 Å². The third-order valence-corrected chi connectivity index (χ3v) is 5.53. The highest BCUT2D eigenvalue weighted by Gasteiger charge is 2.27. The van der Waals surface area contributed by atoms with Crippen molar-refractivity contribution in [3.63, 3.8) is 0 Å². The molecule has 0 saturated carbocycles. The minimum atomic E-state index is -0.621. The standard InChI is InChI=1S/C23H26Cl2N4O3/c1-22(2,3)32-19-12-16-15(11-17(19)28-21(31)6-5-9-30)18(13-26-29-16)27-14-7-8-23(4,25)20(24)10-14/h5-7,10-13,30H,8-9H2,1-4H3,(H,27,29)(H,28,31)/b6-5+. The Bertz CT molecular complexity index is 1120. The minimum absolute atomic E-state index is 0.229. The van der Waals surface area contributed by atoms with Gasteiger partial charge in [-0.05, 0) is 46.3 Å². The third kappa shape index (κ3) is 6.00. The Morgan fingerprint density at radius 1 is 1.34 bits per heavy atom. The Kier molecular flexibility index (Phi) is 7.12. The molecule has 1 aliphatic rings. The molecule has 1 aliphatic carbocycles. The average Bonchev–Trinajstić information content (AvgIpc) is 2.69. The number of ether oxygens (including phenoxy) is 1. The Morgan fingerprint density at radius 2 is 2.09 bits per heavy atom. The number of alkyl halides is 1. The third-order valence-electron chi connectivity index (χ3n) is 4.55. The second kappa shape index (κ2) is 9.48. The smallest absolute Gasteiger partial charge is 0.248 e. The summed E-state index contributed by atoms with van der Waals surface area (Å²) in [6.45, 7) is 7.37. The fourth-order valence-corrected chi connectivity index (χ4v) is 3.35. The molecular weight excluding hydrogens is 451 g/mol. The highest BCUT2D eigenvalue weighted by molar-refractivity contribution is 6.39. The van der Waals surface area contributed by atoms with Gasteiger partial charge in [0.2, 0.25) is 5.91 Å². The predicted octanol–water partition coefficient (Wildman–Crippen LogP) is 5.11. The van der Waals surface area contributed by atoms with Crippen LogP contribution in [0, 0.1) is 0 Å². The summed E-state index contributed by atoms with van der Waals surface area (Å²) >= 11 is 12.7. The molecule has 0 aliphatic heterocycles. The van der Waals surface area contributed by atoms with Gasteiger partial charge in [-0.25, -0.2) is 0 Å². The van der Waals surface area contributed by atoms with Crippen LogP contribution in [0.2, 0.25) is 0 Å². The van der Waals surface area contributed by atoms with Crippen molar-refractivity contribution in [1.29, 1.82) is 0 Å². The van der Waals surface area contributed by atoms with E-state index in [0.29, 0.717) is 34.1 Å². The average molecular weight is 477 g/mol. The number of anilines is 2. The van der Waals surface area contributed by atoms with Gasteiger partial charge >= 0.3 is 0 Å². The summed E-state index contributed by atoms with van der Waals surface area (Å²) in [7, 11) is 0. The molecule has 7 nitrogen and oxygen atoms in total. The number of amides is 1. The molecule has 3 rings (SSSR count). The van der Waals surface area contributed by atoms with Crippen LogP contribution in [0.15, 0.2) is 53.4 Å². The number of carbonyl (C=O) groups excluding carboxylic acids is 1. The Labute approximate surface area is 197 Å². The lowest BCUT2D eigenvalue weighted by atomic mass is 10.00. The number of nitrogens with one attached hydrogen (secondary N) is 2. The largest absolute Gasteiger partial charge is 0.486 e. The number of nitrogens with zero attached hydrogens (tertiary/aromatic N) is 2. The maximum absolute atomic E-state index is 12.3. The molecule has 0 saturated heterocycles. The van der Waals surface area contributed by atoms with Gasteiger partial charge in [0.1, 0.15) is 11.4 Å². The van der Waals surface area contributed by atoms with E-state index in [-0.39, 0.29) is 12.5 Å². The lowest BCUT2D eigenvalue weighted by Gasteiger charge is -2.25. The van der Waals surface area contributed by atoms with Crippen molar-refractivity contribution in [1.82, 2.24) is 10.2 Å². The fourth-order valence-electron chi connectivity index (χ4n) is 3.02. The van der Waals surface area contributed by atoms with Crippen LogP contribution in [0.1, 0.15) is 34.1 Å². The van der Waals surface area contributed by atoms with Crippen molar-refractivity contribution < 1.29 is 14.6 Å². The molecule has 1 atom stereocenters. The molecule has 0 spiro atoms. The maximum Gasteiger partial charge on any atom is 0.248 e. The van der Waals surface area contributed by atoms with E-state index in [1.165, 1.54) is 12.2 Å². The number of benzene rings is 1. The molecule has 1 aromatic carbocycles. The second-order valence-corrected chi connectivity index (χ2v) is 9.83. The molecule has 0 bridgehead atoms. The highest BCUT2D eigenvalue weighted by atomic mass is 35.5. The van der Waals surface area contributed by atoms with Crippen molar-refractivity contribution in [2.75, 3.05) is 17.2 Å². The maximum atomic E-state index is 12.3. The van der Waals surface area contributed by atoms with Crippen molar-refractivity contribution in [2.45, 2.75) is 44.6 Å². The summed E-state index contributed by atoms with van der Waals surface area (Å²) in [4.78, 5) is 11.7. The molecule has 0 fully saturated rings. The Balaban J connectivity index is 2.03. The van der Waals surface area contributed by atoms with Crippen LogP contribution >= 0.6 is 23.2 Å². The van der Waals surface area contributed by atoms with Gasteiger partial charge in [-0.15, -0.1) is 11.6 Å². The highest BCUT2D eigenvalue weighted by Crippen LogP contribution is 2.38. The molecule has 170 valence electrons. The fraction of sp³-hybridized carbons (Fsp3) is 0.348. The molecule has 2 aromatic rings. The minimum Gasteiger partial charge on any atom is -0.486 e. The van der Waals surface area contributed by atoms with Crippen LogP contribution in [0.5, 0.6) is 5.75 Å². The summed E-state index contributed by atoms with van der Waals surface area (Å²) in [5.41, 5.74) is 2.03. The van der Waals surface area contributed by atoms with E-state index in [1.54, 1.807) is 24.4 Å². The first kappa shape index (κ1) is 24.0. The first-order valence-electron chi connectivity index (χ1n) is 10.1. The SMILES string of the molecule is CC(C)(C)Oc1cc2nncc(NC3=CCC(C)(Cl)C(Cl)=C3)c2cc1NC(=O)/C=C/CO. The number of hydrogen-bond acceptors (Lipinski definition) is 6. The van der Waals surface area contributed by atoms with Crippen LogP contribution in [0.4, 0.5) is 11.4 Å². The molecule has 1 unspecified atom stereocenters. The number of aromatic nitrogens is 2. The number of allylic oxidation sites excluding steroid dienone is 3. The molecule has 0 radical (unpaired) electrons. The topological polar surface area (TPSA) is 96.4 Å². The van der Waals surface area contributed by atoms with Crippen LogP contribution in [-0.4, -0.2) is 38.3 Å². The molecule has 1 heterocycles. The van der Waals surface area contributed by atoms with Crippen LogP contribution in [0.25, 0.3) is 10.9 Å². The number of fused-ring (bicyclic) bond motifs is 1. The first-order valence-corrected chi connectivity index (χ1v) is 10.8. The van der Waals surface area contributed by atoms with Crippen molar-refractivity contribution in [2.24, 2.45) is 0 Å². The van der Waals surface area contributed by atoms with E-state index >= 15 is 0 Å². The van der Waals surface area contributed by atoms with E-state index in [0.717, 1.165) is 11.1 Å². The molecular formula is C23H26Cl2N4O3. The lowest BCUT2D eigenvalue weighted by Crippen LogP contribution is -2.24. The van der Waals surface area contributed by atoms with Crippen LogP contribution in [-0.2, 0) is 4.79 Å². The van der Waals surface area contributed by atoms with E-state index in [9.17, 15) is 4.79 Å². The van der Waals surface area contributed by atoms with Gasteiger partial charge in [0.15, 0.2) is 0 Å². The van der Waals surface area contributed by atoms with Gasteiger partial charge in [-0.2, -0.15) is 10.2 Å². The predicted molar refractivity (Wildman–Crippen MR) is 129 cm³/mol. The van der Waals surface area contributed by atoms with E-state index < -0.39 is 10.5 Å². The zero-order valence-corrected chi connectivity index (χ0v) is 19.9. The molecule has 1 aromatic heterocycles. The molecule has 32 heavy (non-hydrogen) atoms. The van der Waals surface area contributed by atoms with Gasteiger partial charge in [0.05, 0.1) is 34.6 Å². The second-order valence-electron chi connectivity index (χ2n) is 8.59. The number of halogens is 2. The summed E-state index contributed by atoms with van der Waals surface area (Å²) in [6, 6.07) is 3.51. The summed E-state index contributed by atoms with van der Waals surface area (Å²) in [5.74, 6) is 0.0692. The summed E-state index contributed by atoms with van der Waals surface area (Å²) in [5, 5.41) is 24.6. The zero-order chi connectivity index (χ0) is 23.5. The van der Waals surface area contributed by atoms with Gasteiger partial charge in [-0.1, -0.05) is 23.8 Å². The van der Waals surface area contributed by atoms with E-state index in [1.807, 2.05) is 33.8 Å². The first-order chi connectivity index (χ1) is 15.0. The molecule has 3 N–H and O–H groups in total. The van der Waals surface area contributed by atoms with Crippen LogP contribution < -0.4 is 15.4 Å². The van der Waals surface area contributed by atoms with Gasteiger partial charge < -0.3 is 20.5 Å². The molecule has 9 heteroatoms. The van der Waals surface area contributed by atoms with E-state index in [4.69, 9.17) is 33.0 Å². The zero-order valence-electron chi connectivity index (χ0n) is 18.4. The van der Waals surface area contributed by atoms with Gasteiger partial charge in [0.25, 0.3) is 0 Å². The molecule has 1 amide bonds. The Hall–Kier alpha value is -2.61. The quantitative estimate of drug-likeness (QED) is 0.395. The van der Waals surface area contributed by atoms with Gasteiger partial charge in [0, 0.05) is 28.3 Å². The number of hydrogen-bond donors (Lipinski definition) is 3. The van der Waals surface area contributed by atoms with E-state index in [2.05, 4.69) is 20.8 Å². The Morgan fingerprint density at radius 3 is 2.75 bits per heavy atom. The van der Waals surface area contributed by atoms with Crippen molar-refractivity contribution in [3.8, 4) is 5.75 Å². The lowest BCUT2D eigenvalue weighted by molar-refractivity contribution is -0.112. The number of rotatable bonds is 6. The number of aliphatic hydroxyl groups excluding tert-OH is 1. The monoisotopic (exact) mass is 476 g/mol. The van der Waals surface area contributed by atoms with Crippen LogP contribution in [0.3, 0.4) is 0 Å². The van der Waals surface area contributed by atoms with Gasteiger partial charge in [-0.3, -0.25) is 4.79 Å². The summed E-state index contributed by atoms with van der Waals surface area (Å²) in [6.07, 6.45) is 8.54.